The summed E-state index contributed by atoms with van der Waals surface area (Å²) >= 11 is 1.50. The Morgan fingerprint density at radius 1 is 1.03 bits per heavy atom. The lowest BCUT2D eigenvalue weighted by Gasteiger charge is -2.45. The van der Waals surface area contributed by atoms with E-state index < -0.39 is 0 Å². The predicted molar refractivity (Wildman–Crippen MR) is 146 cm³/mol. The smallest absolute Gasteiger partial charge is 0.317 e. The van der Waals surface area contributed by atoms with E-state index in [0.29, 0.717) is 28.5 Å². The van der Waals surface area contributed by atoms with Crippen molar-refractivity contribution in [3.05, 3.63) is 36.4 Å². The molecular formula is C27H34N8O3S. The minimum absolute atomic E-state index is 0.163. The number of rotatable bonds is 7. The zero-order valence-corrected chi connectivity index (χ0v) is 22.8. The molecule has 12 heteroatoms. The largest absolute Gasteiger partial charge is 0.460 e. The topological polar surface area (TPSA) is 111 Å². The lowest BCUT2D eigenvalue weighted by molar-refractivity contribution is -0.140. The van der Waals surface area contributed by atoms with Gasteiger partial charge in [0.1, 0.15) is 6.10 Å². The zero-order chi connectivity index (χ0) is 26.1. The van der Waals surface area contributed by atoms with Crippen LogP contribution in [-0.2, 0) is 16.0 Å². The van der Waals surface area contributed by atoms with Gasteiger partial charge >= 0.3 is 6.01 Å². The van der Waals surface area contributed by atoms with Gasteiger partial charge in [-0.2, -0.15) is 4.98 Å². The summed E-state index contributed by atoms with van der Waals surface area (Å²) in [6.07, 6.45) is 11.9. The molecule has 3 aliphatic heterocycles. The number of anilines is 2. The first-order valence-electron chi connectivity index (χ1n) is 13.9. The van der Waals surface area contributed by atoms with Crippen LogP contribution in [0.2, 0.25) is 0 Å². The van der Waals surface area contributed by atoms with Gasteiger partial charge in [0, 0.05) is 74.5 Å². The van der Waals surface area contributed by atoms with Gasteiger partial charge < -0.3 is 19.5 Å². The molecule has 11 nitrogen and oxygen atoms in total. The lowest BCUT2D eigenvalue weighted by Crippen LogP contribution is -2.57. The van der Waals surface area contributed by atoms with Crippen molar-refractivity contribution in [3.63, 3.8) is 0 Å². The Labute approximate surface area is 232 Å². The van der Waals surface area contributed by atoms with E-state index in [1.165, 1.54) is 11.3 Å². The molecule has 4 fully saturated rings. The van der Waals surface area contributed by atoms with Crippen LogP contribution in [0.3, 0.4) is 0 Å². The van der Waals surface area contributed by atoms with Crippen molar-refractivity contribution in [3.8, 4) is 16.6 Å². The number of nitrogens with zero attached hydrogens (tertiary/aromatic N) is 7. The van der Waals surface area contributed by atoms with Crippen LogP contribution < -0.4 is 10.1 Å². The van der Waals surface area contributed by atoms with E-state index in [2.05, 4.69) is 40.0 Å². The van der Waals surface area contributed by atoms with Crippen LogP contribution in [0.25, 0.3) is 10.6 Å². The third-order valence-electron chi connectivity index (χ3n) is 8.33. The van der Waals surface area contributed by atoms with E-state index in [1.54, 1.807) is 6.20 Å². The molecule has 0 unspecified atom stereocenters. The number of hydrogen-bond donors (Lipinski definition) is 1. The molecule has 3 aromatic heterocycles. The van der Waals surface area contributed by atoms with Crippen molar-refractivity contribution in [2.45, 2.75) is 44.4 Å². The number of fused-ring (bicyclic) bond motifs is 1. The molecule has 3 saturated heterocycles. The first-order chi connectivity index (χ1) is 19.2. The third-order valence-corrected chi connectivity index (χ3v) is 9.26. The second-order valence-corrected chi connectivity index (χ2v) is 12.1. The number of ether oxygens (including phenoxy) is 3. The molecule has 3 aromatic rings. The summed E-state index contributed by atoms with van der Waals surface area (Å²) in [6, 6.07) is 2.81. The van der Waals surface area contributed by atoms with Gasteiger partial charge in [0.2, 0.25) is 5.95 Å². The van der Waals surface area contributed by atoms with Gasteiger partial charge in [0.15, 0.2) is 5.13 Å². The van der Waals surface area contributed by atoms with E-state index >= 15 is 0 Å². The summed E-state index contributed by atoms with van der Waals surface area (Å²) in [5.41, 5.74) is 2.30. The summed E-state index contributed by atoms with van der Waals surface area (Å²) in [7, 11) is 0. The molecule has 7 rings (SSSR count). The number of hydrogen-bond acceptors (Lipinski definition) is 12. The molecule has 0 bridgehead atoms. The van der Waals surface area contributed by atoms with Gasteiger partial charge in [0.05, 0.1) is 37.0 Å². The highest BCUT2D eigenvalue weighted by molar-refractivity contribution is 7.18. The maximum atomic E-state index is 6.15. The van der Waals surface area contributed by atoms with E-state index in [-0.39, 0.29) is 6.10 Å². The van der Waals surface area contributed by atoms with Crippen molar-refractivity contribution in [2.24, 2.45) is 5.41 Å². The van der Waals surface area contributed by atoms with E-state index in [4.69, 9.17) is 14.2 Å². The van der Waals surface area contributed by atoms with Gasteiger partial charge in [-0.1, -0.05) is 11.3 Å². The summed E-state index contributed by atoms with van der Waals surface area (Å²) in [4.78, 5) is 28.5. The molecule has 1 saturated carbocycles. The number of morpholine rings is 1. The first-order valence-corrected chi connectivity index (χ1v) is 14.7. The van der Waals surface area contributed by atoms with Crippen LogP contribution in [0.1, 0.15) is 31.2 Å². The fraction of sp³-hybridized carbons (Fsp3) is 0.593. The van der Waals surface area contributed by atoms with Crippen LogP contribution >= 0.6 is 11.3 Å². The van der Waals surface area contributed by atoms with Crippen molar-refractivity contribution >= 4 is 22.4 Å². The molecule has 1 aliphatic carbocycles. The number of aromatic nitrogens is 5. The molecule has 1 N–H and O–H groups in total. The average molecular weight is 551 g/mol. The van der Waals surface area contributed by atoms with Crippen LogP contribution in [0.5, 0.6) is 6.01 Å². The Morgan fingerprint density at radius 3 is 2.72 bits per heavy atom. The van der Waals surface area contributed by atoms with E-state index in [9.17, 15) is 0 Å². The Morgan fingerprint density at radius 2 is 1.90 bits per heavy atom. The molecule has 206 valence electrons. The molecule has 4 aliphatic rings. The van der Waals surface area contributed by atoms with E-state index in [1.807, 2.05) is 24.7 Å². The summed E-state index contributed by atoms with van der Waals surface area (Å²) in [6.45, 7) is 8.55. The zero-order valence-electron chi connectivity index (χ0n) is 22.0. The van der Waals surface area contributed by atoms with Gasteiger partial charge in [-0.25, -0.2) is 19.9 Å². The minimum atomic E-state index is 0.163. The Hall–Kier alpha value is -2.77. The summed E-state index contributed by atoms with van der Waals surface area (Å²) in [5.74, 6) is 0.531. The van der Waals surface area contributed by atoms with Crippen molar-refractivity contribution in [1.82, 2.24) is 34.7 Å². The summed E-state index contributed by atoms with van der Waals surface area (Å²) < 4.78 is 17.2. The standard InChI is InChI=1S/C27H34N8O3S/c1-4-27(17-37-18-27)5-2-21(1)38-25-28-6-3-22(32-25)23-13-31-26(39-23)33-24-29-11-19(12-30-24)14-34-7-8-35-9-10-36-16-20(35)15-34/h3,6,11-13,20-21H,1-2,4-5,7-10,14-18H2,(H,29,30,31,33)/t20-/m0/s1. The quantitative estimate of drug-likeness (QED) is 0.469. The number of nitrogens with one attached hydrogen (secondary N) is 1. The maximum absolute atomic E-state index is 6.15. The highest BCUT2D eigenvalue weighted by atomic mass is 32.1. The van der Waals surface area contributed by atoms with Crippen molar-refractivity contribution < 1.29 is 14.2 Å². The van der Waals surface area contributed by atoms with Crippen LogP contribution in [-0.4, -0.2) is 99.5 Å². The van der Waals surface area contributed by atoms with Crippen molar-refractivity contribution in [2.75, 3.05) is 57.9 Å². The van der Waals surface area contributed by atoms with Gasteiger partial charge in [-0.15, -0.1) is 0 Å². The fourth-order valence-electron chi connectivity index (χ4n) is 5.94. The van der Waals surface area contributed by atoms with Gasteiger partial charge in [-0.05, 0) is 31.7 Å². The molecule has 39 heavy (non-hydrogen) atoms. The Bertz CT molecular complexity index is 1260. The Kier molecular flexibility index (Phi) is 7.12. The van der Waals surface area contributed by atoms with E-state index in [0.717, 1.165) is 101 Å². The molecule has 0 radical (unpaired) electrons. The summed E-state index contributed by atoms with van der Waals surface area (Å²) in [5, 5.41) is 3.94. The van der Waals surface area contributed by atoms with Gasteiger partial charge in [0.25, 0.3) is 0 Å². The highest BCUT2D eigenvalue weighted by Gasteiger charge is 2.42. The van der Waals surface area contributed by atoms with Crippen molar-refractivity contribution in [1.29, 1.82) is 0 Å². The van der Waals surface area contributed by atoms with Crippen LogP contribution in [0.4, 0.5) is 11.1 Å². The minimum Gasteiger partial charge on any atom is -0.460 e. The molecule has 6 heterocycles. The number of thiazole rings is 1. The normalized spacial score (nSPS) is 23.7. The fourth-order valence-corrected chi connectivity index (χ4v) is 6.72. The average Bonchev–Trinajstić information content (AvgIpc) is 3.42. The second kappa shape index (κ2) is 11.0. The first kappa shape index (κ1) is 25.2. The second-order valence-electron chi connectivity index (χ2n) is 11.1. The molecule has 0 aromatic carbocycles. The molecular weight excluding hydrogens is 516 g/mol. The molecule has 1 atom stereocenters. The van der Waals surface area contributed by atoms with Crippen LogP contribution in [0, 0.1) is 5.41 Å². The third kappa shape index (κ3) is 5.75. The molecule has 0 amide bonds. The maximum Gasteiger partial charge on any atom is 0.317 e. The predicted octanol–water partition coefficient (Wildman–Crippen LogP) is 2.99. The molecule has 1 spiro atoms. The highest BCUT2D eigenvalue weighted by Crippen LogP contribution is 2.43. The van der Waals surface area contributed by atoms with Gasteiger partial charge in [-0.3, -0.25) is 9.80 Å². The lowest BCUT2D eigenvalue weighted by atomic mass is 9.72. The SMILES string of the molecule is c1cc(-c2cnc(Nc3ncc(CN4CCN5CCOC[C@@H]5C4)cn3)s2)nc(OC2CCC3(CC2)COC3)n1. The Balaban J connectivity index is 0.930. The van der Waals surface area contributed by atoms with Crippen LogP contribution in [0.15, 0.2) is 30.9 Å². The number of piperazine rings is 1. The monoisotopic (exact) mass is 550 g/mol.